The van der Waals surface area contributed by atoms with Crippen LogP contribution < -0.4 is 5.32 Å². The van der Waals surface area contributed by atoms with Crippen molar-refractivity contribution < 1.29 is 18.1 Å². The second-order valence-electron chi connectivity index (χ2n) is 4.75. The zero-order valence-corrected chi connectivity index (χ0v) is 12.8. The quantitative estimate of drug-likeness (QED) is 0.613. The predicted octanol–water partition coefficient (Wildman–Crippen LogP) is 0.753. The van der Waals surface area contributed by atoms with Crippen LogP contribution in [0.3, 0.4) is 0 Å². The van der Waals surface area contributed by atoms with E-state index in [2.05, 4.69) is 5.32 Å². The molecule has 0 spiro atoms. The van der Waals surface area contributed by atoms with Gasteiger partial charge in [-0.3, -0.25) is 14.9 Å². The minimum Gasteiger partial charge on any atom is -0.378 e. The smallest absolute Gasteiger partial charge is 0.293 e. The summed E-state index contributed by atoms with van der Waals surface area (Å²) in [6, 6.07) is 4.03. The first-order chi connectivity index (χ1) is 9.61. The van der Waals surface area contributed by atoms with Gasteiger partial charge >= 0.3 is 0 Å². The Labute approximate surface area is 122 Å². The molecule has 0 fully saturated rings. The van der Waals surface area contributed by atoms with E-state index in [0.717, 1.165) is 6.26 Å². The maximum Gasteiger partial charge on any atom is 0.293 e. The van der Waals surface area contributed by atoms with E-state index in [0.29, 0.717) is 0 Å². The molecule has 9 heteroatoms. The Balaban J connectivity index is 3.00. The molecular formula is C12H17N3O5S. The number of carbonyl (C=O) groups excluding carboxylic acids is 1. The average Bonchev–Trinajstić information content (AvgIpc) is 2.36. The average molecular weight is 315 g/mol. The first kappa shape index (κ1) is 16.9. The van der Waals surface area contributed by atoms with Crippen LogP contribution in [0.25, 0.3) is 0 Å². The fourth-order valence-electron chi connectivity index (χ4n) is 1.59. The van der Waals surface area contributed by atoms with Crippen molar-refractivity contribution in [2.45, 2.75) is 0 Å². The Kier molecular flexibility index (Phi) is 5.25. The molecule has 0 aliphatic carbocycles. The van der Waals surface area contributed by atoms with Gasteiger partial charge < -0.3 is 10.2 Å². The van der Waals surface area contributed by atoms with E-state index in [-0.39, 0.29) is 35.1 Å². The van der Waals surface area contributed by atoms with Crippen LogP contribution in [-0.4, -0.2) is 56.8 Å². The summed E-state index contributed by atoms with van der Waals surface area (Å²) in [6.45, 7) is 0.0562. The number of nitrogens with one attached hydrogen (secondary N) is 1. The lowest BCUT2D eigenvalue weighted by Crippen LogP contribution is -2.22. The molecule has 0 heterocycles. The highest BCUT2D eigenvalue weighted by molar-refractivity contribution is 7.90. The monoisotopic (exact) mass is 315 g/mol. The summed E-state index contributed by atoms with van der Waals surface area (Å²) in [6.07, 6.45) is 1.09. The van der Waals surface area contributed by atoms with Gasteiger partial charge in [0.1, 0.15) is 15.5 Å². The van der Waals surface area contributed by atoms with Crippen LogP contribution in [-0.2, 0) is 9.84 Å². The SMILES string of the molecule is CN(C)C(=O)c1ccc(NCCS(C)(=O)=O)c([N+](=O)[O-])c1. The van der Waals surface area contributed by atoms with Gasteiger partial charge in [0.15, 0.2) is 0 Å². The number of anilines is 1. The summed E-state index contributed by atoms with van der Waals surface area (Å²) in [5, 5.41) is 13.7. The summed E-state index contributed by atoms with van der Waals surface area (Å²) in [5.74, 6) is -0.483. The zero-order chi connectivity index (χ0) is 16.2. The van der Waals surface area contributed by atoms with Gasteiger partial charge in [0.25, 0.3) is 11.6 Å². The summed E-state index contributed by atoms with van der Waals surface area (Å²) >= 11 is 0. The van der Waals surface area contributed by atoms with E-state index >= 15 is 0 Å². The maximum absolute atomic E-state index is 11.8. The number of nitrogens with zero attached hydrogens (tertiary/aromatic N) is 2. The van der Waals surface area contributed by atoms with Gasteiger partial charge in [0, 0.05) is 38.5 Å². The number of sulfone groups is 1. The van der Waals surface area contributed by atoms with Gasteiger partial charge in [-0.1, -0.05) is 0 Å². The molecule has 0 atom stereocenters. The number of rotatable bonds is 6. The Bertz CT molecular complexity index is 655. The topological polar surface area (TPSA) is 110 Å². The molecule has 0 saturated heterocycles. The summed E-state index contributed by atoms with van der Waals surface area (Å²) in [4.78, 5) is 23.5. The molecular weight excluding hydrogens is 298 g/mol. The number of hydrogen-bond acceptors (Lipinski definition) is 6. The molecule has 1 N–H and O–H groups in total. The van der Waals surface area contributed by atoms with Crippen molar-refractivity contribution in [3.8, 4) is 0 Å². The van der Waals surface area contributed by atoms with Gasteiger partial charge in [-0.2, -0.15) is 0 Å². The van der Waals surface area contributed by atoms with E-state index in [4.69, 9.17) is 0 Å². The standard InChI is InChI=1S/C12H17N3O5S/c1-14(2)12(16)9-4-5-10(11(8-9)15(17)18)13-6-7-21(3,19)20/h4-5,8,13H,6-7H2,1-3H3. The highest BCUT2D eigenvalue weighted by atomic mass is 32.2. The first-order valence-electron chi connectivity index (χ1n) is 6.03. The van der Waals surface area contributed by atoms with Crippen molar-refractivity contribution in [3.63, 3.8) is 0 Å². The molecule has 0 radical (unpaired) electrons. The number of carbonyl (C=O) groups is 1. The summed E-state index contributed by atoms with van der Waals surface area (Å²) in [5.41, 5.74) is 0.107. The van der Waals surface area contributed by atoms with E-state index in [1.807, 2.05) is 0 Å². The molecule has 0 aliphatic heterocycles. The minimum atomic E-state index is -3.15. The van der Waals surface area contributed by atoms with Gasteiger partial charge in [-0.05, 0) is 12.1 Å². The lowest BCUT2D eigenvalue weighted by molar-refractivity contribution is -0.384. The van der Waals surface area contributed by atoms with Crippen molar-refractivity contribution >= 4 is 27.1 Å². The molecule has 0 aliphatic rings. The third-order valence-corrected chi connectivity index (χ3v) is 3.58. The molecule has 0 unspecified atom stereocenters. The van der Waals surface area contributed by atoms with Crippen LogP contribution in [0.4, 0.5) is 11.4 Å². The zero-order valence-electron chi connectivity index (χ0n) is 12.0. The van der Waals surface area contributed by atoms with E-state index < -0.39 is 14.8 Å². The lowest BCUT2D eigenvalue weighted by Gasteiger charge is -2.11. The Hall–Kier alpha value is -2.16. The van der Waals surface area contributed by atoms with Crippen molar-refractivity contribution in [2.24, 2.45) is 0 Å². The first-order valence-corrected chi connectivity index (χ1v) is 8.09. The van der Waals surface area contributed by atoms with Gasteiger partial charge in [-0.15, -0.1) is 0 Å². The summed E-state index contributed by atoms with van der Waals surface area (Å²) in [7, 11) is -0.0572. The van der Waals surface area contributed by atoms with Crippen molar-refractivity contribution in [1.29, 1.82) is 0 Å². The van der Waals surface area contributed by atoms with E-state index in [9.17, 15) is 23.3 Å². The molecule has 0 aromatic heterocycles. The van der Waals surface area contributed by atoms with Gasteiger partial charge in [0.05, 0.1) is 10.7 Å². The fraction of sp³-hybridized carbons (Fsp3) is 0.417. The predicted molar refractivity (Wildman–Crippen MR) is 79.3 cm³/mol. The molecule has 8 nitrogen and oxygen atoms in total. The van der Waals surface area contributed by atoms with Crippen LogP contribution in [0.5, 0.6) is 0 Å². The van der Waals surface area contributed by atoms with Crippen molar-refractivity contribution in [3.05, 3.63) is 33.9 Å². The Morgan fingerprint density at radius 1 is 1.38 bits per heavy atom. The number of amides is 1. The lowest BCUT2D eigenvalue weighted by atomic mass is 10.1. The number of hydrogen-bond donors (Lipinski definition) is 1. The van der Waals surface area contributed by atoms with Crippen LogP contribution in [0, 0.1) is 10.1 Å². The Morgan fingerprint density at radius 2 is 2.00 bits per heavy atom. The van der Waals surface area contributed by atoms with Gasteiger partial charge in [0.2, 0.25) is 0 Å². The molecule has 1 amide bonds. The third kappa shape index (κ3) is 5.03. The van der Waals surface area contributed by atoms with Gasteiger partial charge in [-0.25, -0.2) is 8.42 Å². The van der Waals surface area contributed by atoms with E-state index in [1.54, 1.807) is 14.1 Å². The van der Waals surface area contributed by atoms with Crippen LogP contribution in [0.1, 0.15) is 10.4 Å². The molecule has 0 bridgehead atoms. The van der Waals surface area contributed by atoms with Crippen LogP contribution in [0.2, 0.25) is 0 Å². The van der Waals surface area contributed by atoms with E-state index in [1.165, 1.54) is 23.1 Å². The number of nitro groups is 1. The maximum atomic E-state index is 11.8. The van der Waals surface area contributed by atoms with Crippen molar-refractivity contribution in [1.82, 2.24) is 4.90 Å². The molecule has 1 rings (SSSR count). The molecule has 1 aromatic rings. The molecule has 1 aromatic carbocycles. The second-order valence-corrected chi connectivity index (χ2v) is 7.01. The summed E-state index contributed by atoms with van der Waals surface area (Å²) < 4.78 is 22.1. The largest absolute Gasteiger partial charge is 0.378 e. The molecule has 116 valence electrons. The normalized spacial score (nSPS) is 11.0. The molecule has 0 saturated carbocycles. The number of nitro benzene ring substituents is 1. The van der Waals surface area contributed by atoms with Crippen LogP contribution in [0.15, 0.2) is 18.2 Å². The second kappa shape index (κ2) is 6.53. The highest BCUT2D eigenvalue weighted by Gasteiger charge is 2.18. The minimum absolute atomic E-state index is 0.0562. The molecule has 21 heavy (non-hydrogen) atoms. The highest BCUT2D eigenvalue weighted by Crippen LogP contribution is 2.25. The fourth-order valence-corrected chi connectivity index (χ4v) is 2.07. The Morgan fingerprint density at radius 3 is 2.48 bits per heavy atom. The van der Waals surface area contributed by atoms with Crippen molar-refractivity contribution in [2.75, 3.05) is 38.0 Å². The number of benzene rings is 1. The van der Waals surface area contributed by atoms with Crippen LogP contribution >= 0.6 is 0 Å². The third-order valence-electron chi connectivity index (χ3n) is 2.64.